The molecule has 0 saturated carbocycles. The summed E-state index contributed by atoms with van der Waals surface area (Å²) in [5, 5.41) is 2.14. The van der Waals surface area contributed by atoms with Crippen molar-refractivity contribution in [2.75, 3.05) is 7.05 Å². The molecule has 2 aromatic rings. The quantitative estimate of drug-likeness (QED) is 0.829. The highest BCUT2D eigenvalue weighted by Crippen LogP contribution is 2.21. The lowest BCUT2D eigenvalue weighted by molar-refractivity contribution is -0.643. The van der Waals surface area contributed by atoms with Crippen molar-refractivity contribution in [3.8, 4) is 11.5 Å². The third kappa shape index (κ3) is 2.84. The van der Waals surface area contributed by atoms with Crippen LogP contribution < -0.4 is 10.1 Å². The van der Waals surface area contributed by atoms with E-state index in [1.54, 1.807) is 0 Å². The summed E-state index contributed by atoms with van der Waals surface area (Å²) in [7, 11) is 2.06. The van der Waals surface area contributed by atoms with Gasteiger partial charge in [0.15, 0.2) is 0 Å². The summed E-state index contributed by atoms with van der Waals surface area (Å²) in [6.45, 7) is 0.978. The molecule has 0 aliphatic rings. The Hall–Kier alpha value is -1.80. The largest absolute Gasteiger partial charge is 0.457 e. The van der Waals surface area contributed by atoms with Crippen molar-refractivity contribution >= 4 is 0 Å². The van der Waals surface area contributed by atoms with Crippen LogP contribution in [0.25, 0.3) is 0 Å². The third-order valence-electron chi connectivity index (χ3n) is 2.32. The lowest BCUT2D eigenvalue weighted by Gasteiger charge is -2.06. The predicted molar refractivity (Wildman–Crippen MR) is 64.5 cm³/mol. The molecule has 2 heteroatoms. The number of nitrogens with two attached hydrogens (primary N) is 1. The zero-order chi connectivity index (χ0) is 11.2. The fourth-order valence-corrected chi connectivity index (χ4v) is 1.60. The van der Waals surface area contributed by atoms with Gasteiger partial charge in [-0.2, -0.15) is 0 Å². The minimum absolute atomic E-state index is 0.875. The van der Waals surface area contributed by atoms with E-state index in [9.17, 15) is 0 Å². The highest BCUT2D eigenvalue weighted by atomic mass is 16.5. The Morgan fingerprint density at radius 2 is 1.69 bits per heavy atom. The molecule has 0 bridgehead atoms. The van der Waals surface area contributed by atoms with Crippen molar-refractivity contribution in [3.63, 3.8) is 0 Å². The fraction of sp³-hybridized carbons (Fsp3) is 0.143. The van der Waals surface area contributed by atoms with Crippen LogP contribution in [0.3, 0.4) is 0 Å². The zero-order valence-corrected chi connectivity index (χ0v) is 9.39. The Labute approximate surface area is 95.9 Å². The summed E-state index contributed by atoms with van der Waals surface area (Å²) in [5.41, 5.74) is 1.27. The molecule has 0 radical (unpaired) electrons. The van der Waals surface area contributed by atoms with Crippen LogP contribution >= 0.6 is 0 Å². The summed E-state index contributed by atoms with van der Waals surface area (Å²) in [5.74, 6) is 1.77. The van der Waals surface area contributed by atoms with Crippen LogP contribution in [0.1, 0.15) is 5.56 Å². The van der Waals surface area contributed by atoms with Crippen molar-refractivity contribution in [1.29, 1.82) is 0 Å². The van der Waals surface area contributed by atoms with E-state index in [1.807, 2.05) is 42.5 Å². The van der Waals surface area contributed by atoms with Crippen molar-refractivity contribution in [2.24, 2.45) is 0 Å². The van der Waals surface area contributed by atoms with Gasteiger partial charge >= 0.3 is 0 Å². The number of hydrogen-bond donors (Lipinski definition) is 1. The topological polar surface area (TPSA) is 25.8 Å². The number of hydrogen-bond acceptors (Lipinski definition) is 1. The second-order valence-corrected chi connectivity index (χ2v) is 3.67. The average molecular weight is 214 g/mol. The molecule has 0 amide bonds. The number of ether oxygens (including phenoxy) is 1. The molecule has 2 aromatic carbocycles. The van der Waals surface area contributed by atoms with Gasteiger partial charge in [0.05, 0.1) is 7.05 Å². The fourth-order valence-electron chi connectivity index (χ4n) is 1.60. The Balaban J connectivity index is 2.12. The summed E-state index contributed by atoms with van der Waals surface area (Å²) >= 11 is 0. The minimum atomic E-state index is 0.875. The van der Waals surface area contributed by atoms with Gasteiger partial charge in [0.1, 0.15) is 18.0 Å². The molecule has 0 fully saturated rings. The van der Waals surface area contributed by atoms with Crippen LogP contribution in [0.5, 0.6) is 11.5 Å². The molecule has 0 atom stereocenters. The Morgan fingerprint density at radius 1 is 0.938 bits per heavy atom. The lowest BCUT2D eigenvalue weighted by Crippen LogP contribution is -2.77. The van der Waals surface area contributed by atoms with Crippen LogP contribution in [0.2, 0.25) is 0 Å². The first-order valence-electron chi connectivity index (χ1n) is 5.48. The van der Waals surface area contributed by atoms with Gasteiger partial charge < -0.3 is 10.1 Å². The van der Waals surface area contributed by atoms with Crippen molar-refractivity contribution in [1.82, 2.24) is 0 Å². The zero-order valence-electron chi connectivity index (χ0n) is 9.39. The van der Waals surface area contributed by atoms with Gasteiger partial charge in [0, 0.05) is 5.56 Å². The maximum Gasteiger partial charge on any atom is 0.127 e. The van der Waals surface area contributed by atoms with E-state index < -0.39 is 0 Å². The summed E-state index contributed by atoms with van der Waals surface area (Å²) in [6, 6.07) is 18.0. The summed E-state index contributed by atoms with van der Waals surface area (Å²) in [6.07, 6.45) is 0. The van der Waals surface area contributed by atoms with Gasteiger partial charge in [-0.05, 0) is 24.3 Å². The Kier molecular flexibility index (Phi) is 3.57. The number of quaternary nitrogens is 1. The smallest absolute Gasteiger partial charge is 0.127 e. The molecule has 2 rings (SSSR count). The first-order valence-corrected chi connectivity index (χ1v) is 5.48. The average Bonchev–Trinajstić information content (AvgIpc) is 2.31. The molecular formula is C14H16NO+. The van der Waals surface area contributed by atoms with Gasteiger partial charge in [0.25, 0.3) is 0 Å². The van der Waals surface area contributed by atoms with Crippen molar-refractivity contribution < 1.29 is 10.1 Å². The van der Waals surface area contributed by atoms with Crippen LogP contribution in [0, 0.1) is 0 Å². The van der Waals surface area contributed by atoms with Gasteiger partial charge in [0.2, 0.25) is 0 Å². The maximum atomic E-state index is 5.75. The van der Waals surface area contributed by atoms with Crippen molar-refractivity contribution in [2.45, 2.75) is 6.54 Å². The van der Waals surface area contributed by atoms with E-state index in [2.05, 4.69) is 24.5 Å². The number of para-hydroxylation sites is 1. The van der Waals surface area contributed by atoms with E-state index >= 15 is 0 Å². The molecule has 0 spiro atoms. The molecule has 2 N–H and O–H groups in total. The van der Waals surface area contributed by atoms with Crippen LogP contribution in [0.15, 0.2) is 54.6 Å². The highest BCUT2D eigenvalue weighted by molar-refractivity contribution is 5.33. The SMILES string of the molecule is C[NH2+]Cc1cccc(Oc2ccccc2)c1. The Bertz CT molecular complexity index is 439. The first-order chi connectivity index (χ1) is 7.88. The second kappa shape index (κ2) is 5.33. The van der Waals surface area contributed by atoms with Crippen LogP contribution in [0.4, 0.5) is 0 Å². The van der Waals surface area contributed by atoms with Crippen molar-refractivity contribution in [3.05, 3.63) is 60.2 Å². The highest BCUT2D eigenvalue weighted by Gasteiger charge is 1.98. The molecular weight excluding hydrogens is 198 g/mol. The normalized spacial score (nSPS) is 10.1. The summed E-state index contributed by atoms with van der Waals surface area (Å²) < 4.78 is 5.75. The molecule has 82 valence electrons. The molecule has 0 aliphatic heterocycles. The molecule has 0 aromatic heterocycles. The molecule has 0 saturated heterocycles. The predicted octanol–water partition coefficient (Wildman–Crippen LogP) is 2.17. The Morgan fingerprint density at radius 3 is 2.44 bits per heavy atom. The van der Waals surface area contributed by atoms with E-state index in [0.717, 1.165) is 18.0 Å². The van der Waals surface area contributed by atoms with Crippen LogP contribution in [-0.4, -0.2) is 7.05 Å². The first kappa shape index (κ1) is 10.7. The van der Waals surface area contributed by atoms with E-state index in [0.29, 0.717) is 0 Å². The van der Waals surface area contributed by atoms with E-state index in [1.165, 1.54) is 5.56 Å². The molecule has 16 heavy (non-hydrogen) atoms. The monoisotopic (exact) mass is 214 g/mol. The van der Waals surface area contributed by atoms with Gasteiger partial charge in [-0.25, -0.2) is 0 Å². The van der Waals surface area contributed by atoms with Crippen LogP contribution in [-0.2, 0) is 6.54 Å². The maximum absolute atomic E-state index is 5.75. The number of rotatable bonds is 4. The molecule has 2 nitrogen and oxygen atoms in total. The second-order valence-electron chi connectivity index (χ2n) is 3.67. The molecule has 0 heterocycles. The molecule has 0 aliphatic carbocycles. The van der Waals surface area contributed by atoms with E-state index in [4.69, 9.17) is 4.74 Å². The van der Waals surface area contributed by atoms with Gasteiger partial charge in [-0.15, -0.1) is 0 Å². The van der Waals surface area contributed by atoms with Gasteiger partial charge in [-0.3, -0.25) is 0 Å². The number of benzene rings is 2. The third-order valence-corrected chi connectivity index (χ3v) is 2.32. The molecule has 0 unspecified atom stereocenters. The van der Waals surface area contributed by atoms with E-state index in [-0.39, 0.29) is 0 Å². The summed E-state index contributed by atoms with van der Waals surface area (Å²) in [4.78, 5) is 0. The lowest BCUT2D eigenvalue weighted by atomic mass is 10.2. The minimum Gasteiger partial charge on any atom is -0.457 e. The standard InChI is InChI=1S/C14H15NO/c1-15-11-12-6-5-9-14(10-12)16-13-7-3-2-4-8-13/h2-10,15H,11H2,1H3/p+1. The van der Waals surface area contributed by atoms with Gasteiger partial charge in [-0.1, -0.05) is 30.3 Å².